The standard InChI is InChI=1S/C9H13N5O3S/c1-2-3-11-7(15)5-18-8-6(14(16)17)4-12-9(10)13-8/h4H,2-3,5H2,1H3,(H,11,15)(H2,10,12,13). The van der Waals surface area contributed by atoms with E-state index in [2.05, 4.69) is 15.3 Å². The Morgan fingerprint density at radius 3 is 3.00 bits per heavy atom. The third kappa shape index (κ3) is 4.17. The number of thioether (sulfide) groups is 1. The maximum absolute atomic E-state index is 11.4. The predicted octanol–water partition coefficient (Wildman–Crippen LogP) is 0.585. The summed E-state index contributed by atoms with van der Waals surface area (Å²) in [6.07, 6.45) is 1.87. The van der Waals surface area contributed by atoms with Crippen molar-refractivity contribution in [1.29, 1.82) is 0 Å². The van der Waals surface area contributed by atoms with Crippen LogP contribution >= 0.6 is 11.8 Å². The number of nitrogens with one attached hydrogen (secondary N) is 1. The Balaban J connectivity index is 2.68. The minimum absolute atomic E-state index is 0.0529. The summed E-state index contributed by atoms with van der Waals surface area (Å²) in [5.41, 5.74) is 5.10. The van der Waals surface area contributed by atoms with Crippen LogP contribution in [0.25, 0.3) is 0 Å². The van der Waals surface area contributed by atoms with E-state index in [-0.39, 0.29) is 28.3 Å². The lowest BCUT2D eigenvalue weighted by Crippen LogP contribution is -2.25. The predicted molar refractivity (Wildman–Crippen MR) is 67.1 cm³/mol. The first-order chi connectivity index (χ1) is 8.54. The molecule has 98 valence electrons. The molecule has 0 fully saturated rings. The second-order valence-electron chi connectivity index (χ2n) is 3.31. The molecule has 1 amide bonds. The summed E-state index contributed by atoms with van der Waals surface area (Å²) < 4.78 is 0. The molecule has 0 unspecified atom stereocenters. The van der Waals surface area contributed by atoms with Crippen LogP contribution in [0.1, 0.15) is 13.3 Å². The van der Waals surface area contributed by atoms with Crippen LogP contribution in [0.5, 0.6) is 0 Å². The molecule has 0 aliphatic rings. The van der Waals surface area contributed by atoms with E-state index in [0.29, 0.717) is 6.54 Å². The van der Waals surface area contributed by atoms with Gasteiger partial charge in [0.15, 0.2) is 5.03 Å². The molecule has 0 aliphatic carbocycles. The van der Waals surface area contributed by atoms with Gasteiger partial charge in [0, 0.05) is 6.54 Å². The Kier molecular flexibility index (Phi) is 5.31. The third-order valence-electron chi connectivity index (χ3n) is 1.86. The van der Waals surface area contributed by atoms with Crippen molar-refractivity contribution in [1.82, 2.24) is 15.3 Å². The monoisotopic (exact) mass is 271 g/mol. The highest BCUT2D eigenvalue weighted by molar-refractivity contribution is 8.00. The number of rotatable bonds is 6. The zero-order valence-electron chi connectivity index (χ0n) is 9.75. The molecule has 0 spiro atoms. The molecule has 0 atom stereocenters. The lowest BCUT2D eigenvalue weighted by atomic mass is 10.5. The number of hydrogen-bond donors (Lipinski definition) is 2. The van der Waals surface area contributed by atoms with E-state index in [1.165, 1.54) is 0 Å². The number of nitro groups is 1. The molecule has 9 heteroatoms. The fourth-order valence-electron chi connectivity index (χ4n) is 1.05. The SMILES string of the molecule is CCCNC(=O)CSc1nc(N)ncc1[N+](=O)[O-]. The maximum Gasteiger partial charge on any atom is 0.319 e. The van der Waals surface area contributed by atoms with E-state index in [1.54, 1.807) is 0 Å². The Labute approximate surface area is 108 Å². The van der Waals surface area contributed by atoms with Crippen LogP contribution < -0.4 is 11.1 Å². The fourth-order valence-corrected chi connectivity index (χ4v) is 1.86. The molecule has 3 N–H and O–H groups in total. The number of aromatic nitrogens is 2. The Hall–Kier alpha value is -1.90. The van der Waals surface area contributed by atoms with Gasteiger partial charge in [-0.05, 0) is 6.42 Å². The van der Waals surface area contributed by atoms with Gasteiger partial charge in [-0.1, -0.05) is 18.7 Å². The van der Waals surface area contributed by atoms with Gasteiger partial charge in [0.05, 0.1) is 10.7 Å². The topological polar surface area (TPSA) is 124 Å². The third-order valence-corrected chi connectivity index (χ3v) is 2.84. The lowest BCUT2D eigenvalue weighted by Gasteiger charge is -2.03. The van der Waals surface area contributed by atoms with Crippen molar-refractivity contribution in [3.63, 3.8) is 0 Å². The second-order valence-corrected chi connectivity index (χ2v) is 4.28. The largest absolute Gasteiger partial charge is 0.368 e. The van der Waals surface area contributed by atoms with Gasteiger partial charge in [-0.25, -0.2) is 4.98 Å². The second kappa shape index (κ2) is 6.74. The van der Waals surface area contributed by atoms with Gasteiger partial charge in [-0.15, -0.1) is 0 Å². The zero-order valence-corrected chi connectivity index (χ0v) is 10.6. The summed E-state index contributed by atoms with van der Waals surface area (Å²) in [5.74, 6) is -0.206. The van der Waals surface area contributed by atoms with Gasteiger partial charge < -0.3 is 11.1 Å². The van der Waals surface area contributed by atoms with Crippen LogP contribution in [0.2, 0.25) is 0 Å². The van der Waals surface area contributed by atoms with Crippen LogP contribution in [0.15, 0.2) is 11.2 Å². The summed E-state index contributed by atoms with van der Waals surface area (Å²) in [7, 11) is 0. The minimum atomic E-state index is -0.605. The average Bonchev–Trinajstić information content (AvgIpc) is 2.33. The number of carbonyl (C=O) groups is 1. The summed E-state index contributed by atoms with van der Waals surface area (Å²) >= 11 is 0.963. The highest BCUT2D eigenvalue weighted by Crippen LogP contribution is 2.26. The van der Waals surface area contributed by atoms with E-state index >= 15 is 0 Å². The van der Waals surface area contributed by atoms with Crippen molar-refractivity contribution < 1.29 is 9.72 Å². The molecule has 0 saturated heterocycles. The summed E-state index contributed by atoms with van der Waals surface area (Å²) in [6.45, 7) is 2.51. The Morgan fingerprint density at radius 1 is 1.67 bits per heavy atom. The van der Waals surface area contributed by atoms with Crippen molar-refractivity contribution in [2.75, 3.05) is 18.0 Å². The van der Waals surface area contributed by atoms with Gasteiger partial charge in [-0.3, -0.25) is 14.9 Å². The zero-order chi connectivity index (χ0) is 13.5. The van der Waals surface area contributed by atoms with Crippen LogP contribution in [-0.2, 0) is 4.79 Å². The van der Waals surface area contributed by atoms with Crippen molar-refractivity contribution in [2.24, 2.45) is 0 Å². The van der Waals surface area contributed by atoms with Gasteiger partial charge in [0.25, 0.3) is 0 Å². The van der Waals surface area contributed by atoms with E-state index in [9.17, 15) is 14.9 Å². The maximum atomic E-state index is 11.4. The molecule has 1 aromatic heterocycles. The number of carbonyl (C=O) groups excluding carboxylic acids is 1. The minimum Gasteiger partial charge on any atom is -0.368 e. The molecule has 1 rings (SSSR count). The van der Waals surface area contributed by atoms with E-state index < -0.39 is 4.92 Å². The molecular weight excluding hydrogens is 258 g/mol. The van der Waals surface area contributed by atoms with E-state index in [4.69, 9.17) is 5.73 Å². The number of amides is 1. The molecule has 0 bridgehead atoms. The summed E-state index contributed by atoms with van der Waals surface area (Å²) in [5, 5.41) is 13.5. The normalized spacial score (nSPS) is 10.1. The van der Waals surface area contributed by atoms with Crippen molar-refractivity contribution >= 4 is 29.3 Å². The van der Waals surface area contributed by atoms with Crippen LogP contribution in [0.4, 0.5) is 11.6 Å². The molecule has 1 aromatic rings. The summed E-state index contributed by atoms with van der Waals surface area (Å²) in [4.78, 5) is 28.8. The molecule has 0 radical (unpaired) electrons. The molecule has 0 saturated carbocycles. The Morgan fingerprint density at radius 2 is 2.39 bits per heavy atom. The first-order valence-corrected chi connectivity index (χ1v) is 6.19. The van der Waals surface area contributed by atoms with E-state index in [1.807, 2.05) is 6.92 Å². The number of nitrogens with two attached hydrogens (primary N) is 1. The lowest BCUT2D eigenvalue weighted by molar-refractivity contribution is -0.388. The Bertz CT molecular complexity index is 454. The van der Waals surface area contributed by atoms with Crippen LogP contribution in [-0.4, -0.2) is 33.1 Å². The molecule has 0 aliphatic heterocycles. The van der Waals surface area contributed by atoms with Crippen molar-refractivity contribution in [3.05, 3.63) is 16.3 Å². The number of nitrogen functional groups attached to an aromatic ring is 1. The number of hydrogen-bond acceptors (Lipinski definition) is 7. The highest BCUT2D eigenvalue weighted by Gasteiger charge is 2.18. The first kappa shape index (κ1) is 14.2. The van der Waals surface area contributed by atoms with Gasteiger partial charge in [0.1, 0.15) is 6.20 Å². The quantitative estimate of drug-likeness (QED) is 0.335. The fraction of sp³-hybridized carbons (Fsp3) is 0.444. The molecule has 8 nitrogen and oxygen atoms in total. The van der Waals surface area contributed by atoms with Gasteiger partial charge in [0.2, 0.25) is 11.9 Å². The van der Waals surface area contributed by atoms with Crippen LogP contribution in [0, 0.1) is 10.1 Å². The van der Waals surface area contributed by atoms with Crippen LogP contribution in [0.3, 0.4) is 0 Å². The molecular formula is C9H13N5O3S. The highest BCUT2D eigenvalue weighted by atomic mass is 32.2. The molecule has 18 heavy (non-hydrogen) atoms. The number of nitrogens with zero attached hydrogens (tertiary/aromatic N) is 3. The average molecular weight is 271 g/mol. The van der Waals surface area contributed by atoms with Crippen molar-refractivity contribution in [2.45, 2.75) is 18.4 Å². The summed E-state index contributed by atoms with van der Waals surface area (Å²) in [6, 6.07) is 0. The van der Waals surface area contributed by atoms with E-state index in [0.717, 1.165) is 24.4 Å². The van der Waals surface area contributed by atoms with Gasteiger partial charge >= 0.3 is 5.69 Å². The molecule has 1 heterocycles. The van der Waals surface area contributed by atoms with Crippen molar-refractivity contribution in [3.8, 4) is 0 Å². The number of anilines is 1. The van der Waals surface area contributed by atoms with Gasteiger partial charge in [-0.2, -0.15) is 4.98 Å². The molecule has 0 aromatic carbocycles. The first-order valence-electron chi connectivity index (χ1n) is 5.21. The smallest absolute Gasteiger partial charge is 0.319 e.